The van der Waals surface area contributed by atoms with Crippen LogP contribution in [0.5, 0.6) is 0 Å². The summed E-state index contributed by atoms with van der Waals surface area (Å²) in [6.07, 6.45) is 1.58. The Bertz CT molecular complexity index is 858. The molecule has 5 nitrogen and oxygen atoms in total. The Kier molecular flexibility index (Phi) is 4.76. The average Bonchev–Trinajstić information content (AvgIpc) is 3.21. The number of aromatic amines is 1. The molecule has 0 spiro atoms. The highest BCUT2D eigenvalue weighted by molar-refractivity contribution is 7.11. The number of benzene rings is 1. The van der Waals surface area contributed by atoms with E-state index in [1.54, 1.807) is 30.5 Å². The highest BCUT2D eigenvalue weighted by atomic mass is 35.5. The van der Waals surface area contributed by atoms with Crippen LogP contribution < -0.4 is 5.43 Å². The summed E-state index contributed by atoms with van der Waals surface area (Å²) in [6.45, 7) is 0. The lowest BCUT2D eigenvalue weighted by Crippen LogP contribution is -2.17. The molecule has 0 fully saturated rings. The van der Waals surface area contributed by atoms with Crippen LogP contribution in [0.3, 0.4) is 0 Å². The Hall–Kier alpha value is -2.15. The fourth-order valence-corrected chi connectivity index (χ4v) is 2.70. The van der Waals surface area contributed by atoms with Crippen LogP contribution in [0.1, 0.15) is 15.4 Å². The molecule has 2 heterocycles. The van der Waals surface area contributed by atoms with Crippen molar-refractivity contribution in [2.45, 2.75) is 0 Å². The van der Waals surface area contributed by atoms with Gasteiger partial charge in [-0.2, -0.15) is 10.2 Å². The quantitative estimate of drug-likeness (QED) is 0.537. The second-order valence-corrected chi connectivity index (χ2v) is 6.30. The van der Waals surface area contributed by atoms with E-state index in [9.17, 15) is 4.79 Å². The Balaban J connectivity index is 1.70. The highest BCUT2D eigenvalue weighted by Crippen LogP contribution is 2.27. The molecule has 0 radical (unpaired) electrons. The van der Waals surface area contributed by atoms with E-state index in [0.29, 0.717) is 21.4 Å². The topological polar surface area (TPSA) is 70.1 Å². The summed E-state index contributed by atoms with van der Waals surface area (Å²) in [5, 5.41) is 13.5. The third-order valence-electron chi connectivity index (χ3n) is 2.94. The smallest absolute Gasteiger partial charge is 0.272 e. The maximum atomic E-state index is 12.0. The van der Waals surface area contributed by atoms with Gasteiger partial charge < -0.3 is 0 Å². The molecular weight excluding hydrogens is 355 g/mol. The van der Waals surface area contributed by atoms with Gasteiger partial charge in [-0.25, -0.2) is 5.43 Å². The van der Waals surface area contributed by atoms with E-state index in [4.69, 9.17) is 23.2 Å². The number of aromatic nitrogens is 2. The van der Waals surface area contributed by atoms with Crippen LogP contribution in [-0.4, -0.2) is 22.3 Å². The van der Waals surface area contributed by atoms with Crippen LogP contribution in [0.4, 0.5) is 0 Å². The van der Waals surface area contributed by atoms with Crippen LogP contribution in [0, 0.1) is 0 Å². The minimum Gasteiger partial charge on any atom is -0.272 e. The number of nitrogens with zero attached hydrogens (tertiary/aromatic N) is 2. The van der Waals surface area contributed by atoms with Crippen LogP contribution in [-0.2, 0) is 0 Å². The van der Waals surface area contributed by atoms with Crippen molar-refractivity contribution < 1.29 is 4.79 Å². The van der Waals surface area contributed by atoms with Gasteiger partial charge in [-0.3, -0.25) is 9.89 Å². The molecule has 3 aromatic rings. The summed E-state index contributed by atoms with van der Waals surface area (Å²) in [5.41, 5.74) is 4.10. The van der Waals surface area contributed by atoms with Crippen molar-refractivity contribution in [1.82, 2.24) is 15.6 Å². The number of H-pyrrole nitrogens is 1. The third-order valence-corrected chi connectivity index (χ3v) is 4.48. The van der Waals surface area contributed by atoms with Crippen molar-refractivity contribution in [2.24, 2.45) is 5.10 Å². The minimum atomic E-state index is -0.378. The number of amides is 1. The van der Waals surface area contributed by atoms with Gasteiger partial charge in [0.25, 0.3) is 5.91 Å². The molecule has 2 N–H and O–H groups in total. The first-order valence-corrected chi connectivity index (χ1v) is 8.15. The summed E-state index contributed by atoms with van der Waals surface area (Å²) >= 11 is 13.4. The van der Waals surface area contributed by atoms with Crippen molar-refractivity contribution in [1.29, 1.82) is 0 Å². The second-order valence-electron chi connectivity index (χ2n) is 4.51. The molecule has 0 unspecified atom stereocenters. The summed E-state index contributed by atoms with van der Waals surface area (Å²) in [4.78, 5) is 12.9. The number of carbonyl (C=O) groups is 1. The molecule has 23 heavy (non-hydrogen) atoms. The standard InChI is InChI=1S/C15H10Cl2N4OS/c16-11-4-3-9(6-12(11)17)13-7-14(20-19-13)15(22)21-18-8-10-2-1-5-23-10/h1-8H,(H,19,20)(H,21,22)/b18-8+. The zero-order valence-electron chi connectivity index (χ0n) is 11.6. The van der Waals surface area contributed by atoms with Crippen LogP contribution >= 0.6 is 34.5 Å². The van der Waals surface area contributed by atoms with Gasteiger partial charge in [-0.05, 0) is 29.6 Å². The Morgan fingerprint density at radius 3 is 2.87 bits per heavy atom. The predicted octanol–water partition coefficient (Wildman–Crippen LogP) is 4.21. The molecule has 0 saturated carbocycles. The monoisotopic (exact) mass is 364 g/mol. The van der Waals surface area contributed by atoms with Gasteiger partial charge in [-0.1, -0.05) is 35.3 Å². The lowest BCUT2D eigenvalue weighted by Gasteiger charge is -1.98. The summed E-state index contributed by atoms with van der Waals surface area (Å²) in [6, 6.07) is 10.6. The number of hydrogen-bond donors (Lipinski definition) is 2. The minimum absolute atomic E-state index is 0.300. The Morgan fingerprint density at radius 1 is 1.26 bits per heavy atom. The largest absolute Gasteiger partial charge is 0.289 e. The molecule has 0 atom stereocenters. The highest BCUT2D eigenvalue weighted by Gasteiger charge is 2.11. The number of hydrazone groups is 1. The van der Waals surface area contributed by atoms with E-state index in [-0.39, 0.29) is 5.91 Å². The molecule has 2 aromatic heterocycles. The van der Waals surface area contributed by atoms with Gasteiger partial charge in [0.1, 0.15) is 5.69 Å². The molecule has 0 aliphatic rings. The van der Waals surface area contributed by atoms with Gasteiger partial charge in [0, 0.05) is 10.4 Å². The zero-order chi connectivity index (χ0) is 16.2. The normalized spacial score (nSPS) is 11.0. The molecule has 3 rings (SSSR count). The van der Waals surface area contributed by atoms with E-state index < -0.39 is 0 Å². The van der Waals surface area contributed by atoms with Crippen molar-refractivity contribution in [3.8, 4) is 11.3 Å². The van der Waals surface area contributed by atoms with Gasteiger partial charge in [0.15, 0.2) is 0 Å². The lowest BCUT2D eigenvalue weighted by atomic mass is 10.1. The van der Waals surface area contributed by atoms with Crippen molar-refractivity contribution in [2.75, 3.05) is 0 Å². The zero-order valence-corrected chi connectivity index (χ0v) is 13.9. The van der Waals surface area contributed by atoms with Gasteiger partial charge >= 0.3 is 0 Å². The number of hydrogen-bond acceptors (Lipinski definition) is 4. The second kappa shape index (κ2) is 6.95. The van der Waals surface area contributed by atoms with E-state index in [0.717, 1.165) is 10.4 Å². The van der Waals surface area contributed by atoms with Crippen LogP contribution in [0.25, 0.3) is 11.3 Å². The molecule has 1 aromatic carbocycles. The van der Waals surface area contributed by atoms with E-state index in [2.05, 4.69) is 20.7 Å². The van der Waals surface area contributed by atoms with Crippen LogP contribution in [0.2, 0.25) is 10.0 Å². The van der Waals surface area contributed by atoms with Crippen molar-refractivity contribution >= 4 is 46.7 Å². The third kappa shape index (κ3) is 3.79. The number of nitrogens with one attached hydrogen (secondary N) is 2. The Labute approximate surface area is 145 Å². The first kappa shape index (κ1) is 15.7. The fraction of sp³-hybridized carbons (Fsp3) is 0. The molecule has 0 aliphatic heterocycles. The van der Waals surface area contributed by atoms with Gasteiger partial charge in [0.2, 0.25) is 0 Å². The number of thiophene rings is 1. The number of halogens is 2. The summed E-state index contributed by atoms with van der Waals surface area (Å²) in [5.74, 6) is -0.378. The molecule has 0 saturated heterocycles. The molecule has 0 bridgehead atoms. The SMILES string of the molecule is O=C(N/N=C/c1cccs1)c1cc(-c2ccc(Cl)c(Cl)c2)n[nH]1. The predicted molar refractivity (Wildman–Crippen MR) is 93.4 cm³/mol. The van der Waals surface area contributed by atoms with E-state index in [1.165, 1.54) is 11.3 Å². The van der Waals surface area contributed by atoms with Crippen molar-refractivity contribution in [3.05, 3.63) is 62.4 Å². The van der Waals surface area contributed by atoms with Crippen molar-refractivity contribution in [3.63, 3.8) is 0 Å². The molecular formula is C15H10Cl2N4OS. The molecule has 8 heteroatoms. The molecule has 1 amide bonds. The molecule has 0 aliphatic carbocycles. The first-order valence-electron chi connectivity index (χ1n) is 6.51. The number of carbonyl (C=O) groups excluding carboxylic acids is 1. The van der Waals surface area contributed by atoms with Crippen LogP contribution in [0.15, 0.2) is 46.9 Å². The maximum Gasteiger partial charge on any atom is 0.289 e. The fourth-order valence-electron chi connectivity index (χ4n) is 1.82. The van der Waals surface area contributed by atoms with E-state index in [1.807, 2.05) is 17.5 Å². The van der Waals surface area contributed by atoms with E-state index >= 15 is 0 Å². The molecule has 116 valence electrons. The first-order chi connectivity index (χ1) is 11.1. The number of rotatable bonds is 4. The van der Waals surface area contributed by atoms with Gasteiger partial charge in [0.05, 0.1) is 22.0 Å². The lowest BCUT2D eigenvalue weighted by molar-refractivity contribution is 0.0950. The Morgan fingerprint density at radius 2 is 2.13 bits per heavy atom. The average molecular weight is 365 g/mol. The summed E-state index contributed by atoms with van der Waals surface area (Å²) in [7, 11) is 0. The van der Waals surface area contributed by atoms with Gasteiger partial charge in [-0.15, -0.1) is 11.3 Å². The maximum absolute atomic E-state index is 12.0. The summed E-state index contributed by atoms with van der Waals surface area (Å²) < 4.78 is 0.